The van der Waals surface area contributed by atoms with Crippen LogP contribution in [0.25, 0.3) is 0 Å². The maximum absolute atomic E-state index is 12.3. The maximum Gasteiger partial charge on any atom is 0.332 e. The van der Waals surface area contributed by atoms with Crippen molar-refractivity contribution in [2.24, 2.45) is 5.73 Å². The minimum Gasteiger partial charge on any atom is -0.464 e. The summed E-state index contributed by atoms with van der Waals surface area (Å²) in [4.78, 5) is 27.6. The van der Waals surface area contributed by atoms with E-state index < -0.39 is 17.9 Å². The first-order valence-corrected chi connectivity index (χ1v) is 7.03. The van der Waals surface area contributed by atoms with E-state index in [0.717, 1.165) is 25.9 Å². The molecule has 116 valence electrons. The fourth-order valence-corrected chi connectivity index (χ4v) is 2.40. The first-order chi connectivity index (χ1) is 9.51. The highest BCUT2D eigenvalue weighted by molar-refractivity contribution is 6.01. The van der Waals surface area contributed by atoms with E-state index >= 15 is 0 Å². The molecule has 1 aliphatic heterocycles. The second kappa shape index (κ2) is 8.18. The van der Waals surface area contributed by atoms with Crippen LogP contribution in [-0.4, -0.2) is 78.8 Å². The minimum atomic E-state index is -1.30. The molecule has 7 heteroatoms. The van der Waals surface area contributed by atoms with Gasteiger partial charge in [-0.25, -0.2) is 4.79 Å². The molecule has 1 atom stereocenters. The van der Waals surface area contributed by atoms with Crippen LogP contribution in [0.5, 0.6) is 0 Å². The zero-order valence-corrected chi connectivity index (χ0v) is 12.2. The summed E-state index contributed by atoms with van der Waals surface area (Å²) in [5.74, 6) is -1.18. The third-order valence-corrected chi connectivity index (χ3v) is 3.56. The van der Waals surface area contributed by atoms with E-state index in [2.05, 4.69) is 4.90 Å². The number of amides is 1. The average molecular weight is 287 g/mol. The Morgan fingerprint density at radius 2 is 2.05 bits per heavy atom. The Kier molecular flexibility index (Phi) is 6.90. The van der Waals surface area contributed by atoms with Crippen molar-refractivity contribution in [3.8, 4) is 0 Å². The summed E-state index contributed by atoms with van der Waals surface area (Å²) in [6.45, 7) is 3.67. The van der Waals surface area contributed by atoms with Gasteiger partial charge in [0.05, 0.1) is 13.2 Å². The highest BCUT2D eigenvalue weighted by Gasteiger charge is 2.33. The van der Waals surface area contributed by atoms with Gasteiger partial charge >= 0.3 is 5.97 Å². The molecule has 0 spiro atoms. The molecule has 7 nitrogen and oxygen atoms in total. The maximum atomic E-state index is 12.3. The monoisotopic (exact) mass is 287 g/mol. The van der Waals surface area contributed by atoms with Crippen LogP contribution in [0.15, 0.2) is 0 Å². The lowest BCUT2D eigenvalue weighted by molar-refractivity contribution is -0.152. The molecular formula is C13H25N3O4. The quantitative estimate of drug-likeness (QED) is 0.470. The number of ether oxygens (including phenoxy) is 1. The fraction of sp³-hybridized carbons (Fsp3) is 0.846. The minimum absolute atomic E-state index is 0.0197. The Balaban J connectivity index is 2.69. The van der Waals surface area contributed by atoms with Crippen LogP contribution < -0.4 is 5.73 Å². The van der Waals surface area contributed by atoms with Crippen LogP contribution in [0.2, 0.25) is 0 Å². The molecule has 1 aliphatic rings. The molecule has 1 heterocycles. The fourth-order valence-electron chi connectivity index (χ4n) is 2.40. The van der Waals surface area contributed by atoms with Gasteiger partial charge < -0.3 is 25.4 Å². The molecule has 1 amide bonds. The number of nitrogens with zero attached hydrogens (tertiary/aromatic N) is 2. The van der Waals surface area contributed by atoms with Crippen LogP contribution >= 0.6 is 0 Å². The molecule has 20 heavy (non-hydrogen) atoms. The van der Waals surface area contributed by atoms with E-state index in [1.807, 2.05) is 7.05 Å². The molecule has 1 rings (SSSR count). The summed E-state index contributed by atoms with van der Waals surface area (Å²) >= 11 is 0. The zero-order chi connectivity index (χ0) is 15.1. The number of carbonyl (C=O) groups is 2. The molecule has 1 saturated heterocycles. The van der Waals surface area contributed by atoms with Gasteiger partial charge in [0, 0.05) is 12.6 Å². The second-order valence-electron chi connectivity index (χ2n) is 5.02. The lowest BCUT2D eigenvalue weighted by atomic mass is 10.0. The number of piperidine rings is 1. The molecule has 3 N–H and O–H groups in total. The molecule has 1 fully saturated rings. The number of rotatable bonds is 6. The molecule has 0 aliphatic carbocycles. The van der Waals surface area contributed by atoms with E-state index in [-0.39, 0.29) is 25.8 Å². The Bertz CT molecular complexity index is 330. The lowest BCUT2D eigenvalue weighted by Gasteiger charge is -2.37. The van der Waals surface area contributed by atoms with E-state index in [1.165, 1.54) is 4.90 Å². The summed E-state index contributed by atoms with van der Waals surface area (Å²) in [6.07, 6.45) is 1.63. The van der Waals surface area contributed by atoms with Crippen molar-refractivity contribution in [1.82, 2.24) is 9.80 Å². The molecular weight excluding hydrogens is 262 g/mol. The molecule has 0 bridgehead atoms. The number of likely N-dealkylation sites (tertiary alicyclic amines) is 1. The van der Waals surface area contributed by atoms with Gasteiger partial charge in [0.15, 0.2) is 6.04 Å². The highest BCUT2D eigenvalue weighted by Crippen LogP contribution is 2.16. The van der Waals surface area contributed by atoms with E-state index in [4.69, 9.17) is 15.6 Å². The summed E-state index contributed by atoms with van der Waals surface area (Å²) in [5.41, 5.74) is 5.65. The third kappa shape index (κ3) is 4.43. The first kappa shape index (κ1) is 16.9. The van der Waals surface area contributed by atoms with E-state index in [1.54, 1.807) is 6.92 Å². The van der Waals surface area contributed by atoms with Crippen LogP contribution in [0.1, 0.15) is 19.8 Å². The van der Waals surface area contributed by atoms with Gasteiger partial charge in [-0.15, -0.1) is 0 Å². The number of esters is 1. The summed E-state index contributed by atoms with van der Waals surface area (Å²) < 4.78 is 4.78. The number of hydrogen-bond acceptors (Lipinski definition) is 6. The number of nitrogens with two attached hydrogens (primary N) is 1. The van der Waals surface area contributed by atoms with E-state index in [9.17, 15) is 9.59 Å². The largest absolute Gasteiger partial charge is 0.464 e. The number of carbonyl (C=O) groups excluding carboxylic acids is 2. The molecule has 1 unspecified atom stereocenters. The molecule has 0 aromatic carbocycles. The van der Waals surface area contributed by atoms with Crippen molar-refractivity contribution in [2.45, 2.75) is 31.8 Å². The van der Waals surface area contributed by atoms with Crippen molar-refractivity contribution in [2.75, 3.05) is 39.9 Å². The Morgan fingerprint density at radius 1 is 1.45 bits per heavy atom. The number of hydrogen-bond donors (Lipinski definition) is 2. The van der Waals surface area contributed by atoms with Gasteiger partial charge in [-0.3, -0.25) is 4.79 Å². The van der Waals surface area contributed by atoms with Crippen LogP contribution in [0.3, 0.4) is 0 Å². The third-order valence-electron chi connectivity index (χ3n) is 3.56. The van der Waals surface area contributed by atoms with Crippen molar-refractivity contribution in [1.29, 1.82) is 0 Å². The normalized spacial score (nSPS) is 18.6. The average Bonchev–Trinajstić information content (AvgIpc) is 2.44. The van der Waals surface area contributed by atoms with Crippen LogP contribution in [0, 0.1) is 0 Å². The van der Waals surface area contributed by atoms with Crippen molar-refractivity contribution < 1.29 is 19.4 Å². The standard InChI is InChI=1S/C13H25N3O4/c1-3-20-13(19)11(14)12(18)16(8-9-17)10-4-6-15(2)7-5-10/h10-11,17H,3-9,14H2,1-2H3. The van der Waals surface area contributed by atoms with Gasteiger partial charge in [-0.05, 0) is 39.9 Å². The molecule has 0 radical (unpaired) electrons. The summed E-state index contributed by atoms with van der Waals surface area (Å²) in [5, 5.41) is 9.13. The van der Waals surface area contributed by atoms with Crippen molar-refractivity contribution >= 4 is 11.9 Å². The zero-order valence-electron chi connectivity index (χ0n) is 12.2. The Labute approximate surface area is 119 Å². The van der Waals surface area contributed by atoms with Crippen LogP contribution in [0.4, 0.5) is 0 Å². The SMILES string of the molecule is CCOC(=O)C(N)C(=O)N(CCO)C1CCN(C)CC1. The van der Waals surface area contributed by atoms with Gasteiger partial charge in [0.25, 0.3) is 5.91 Å². The second-order valence-corrected chi connectivity index (χ2v) is 5.02. The first-order valence-electron chi connectivity index (χ1n) is 7.03. The predicted molar refractivity (Wildman–Crippen MR) is 73.9 cm³/mol. The summed E-state index contributed by atoms with van der Waals surface area (Å²) in [7, 11) is 2.03. The van der Waals surface area contributed by atoms with Gasteiger partial charge in [0.1, 0.15) is 0 Å². The van der Waals surface area contributed by atoms with Gasteiger partial charge in [-0.2, -0.15) is 0 Å². The van der Waals surface area contributed by atoms with Gasteiger partial charge in [-0.1, -0.05) is 0 Å². The smallest absolute Gasteiger partial charge is 0.332 e. The lowest BCUT2D eigenvalue weighted by Crippen LogP contribution is -2.55. The van der Waals surface area contributed by atoms with Crippen molar-refractivity contribution in [3.63, 3.8) is 0 Å². The molecule has 0 saturated carbocycles. The number of aliphatic hydroxyl groups is 1. The molecule has 0 aromatic heterocycles. The van der Waals surface area contributed by atoms with Crippen LogP contribution in [-0.2, 0) is 14.3 Å². The highest BCUT2D eigenvalue weighted by atomic mass is 16.5. The topological polar surface area (TPSA) is 96.1 Å². The Hall–Kier alpha value is -1.18. The van der Waals surface area contributed by atoms with Crippen molar-refractivity contribution in [3.05, 3.63) is 0 Å². The Morgan fingerprint density at radius 3 is 2.55 bits per heavy atom. The van der Waals surface area contributed by atoms with E-state index in [0.29, 0.717) is 0 Å². The predicted octanol–water partition coefficient (Wildman–Crippen LogP) is -1.21. The summed E-state index contributed by atoms with van der Waals surface area (Å²) in [6, 6.07) is -1.28. The molecule has 0 aromatic rings. The van der Waals surface area contributed by atoms with Gasteiger partial charge in [0.2, 0.25) is 0 Å². The number of aliphatic hydroxyl groups excluding tert-OH is 1.